The Hall–Kier alpha value is -4.58. The number of aliphatic imine (C=N–C) groups is 1. The Balaban J connectivity index is 1.35. The Morgan fingerprint density at radius 1 is 1.05 bits per heavy atom. The third kappa shape index (κ3) is 5.87. The lowest BCUT2D eigenvalue weighted by Crippen LogP contribution is -2.48. The second kappa shape index (κ2) is 12.0. The number of amides is 1. The van der Waals surface area contributed by atoms with Gasteiger partial charge in [0.1, 0.15) is 0 Å². The van der Waals surface area contributed by atoms with E-state index in [4.69, 9.17) is 9.73 Å². The fraction of sp³-hybridized carbons (Fsp3) is 0.250. The maximum Gasteiger partial charge on any atom is 0.337 e. The van der Waals surface area contributed by atoms with Crippen LogP contribution in [0.25, 0.3) is 21.1 Å². The molecule has 0 saturated carbocycles. The van der Waals surface area contributed by atoms with Gasteiger partial charge >= 0.3 is 5.97 Å². The quantitative estimate of drug-likeness (QED) is 0.208. The highest BCUT2D eigenvalue weighted by molar-refractivity contribution is 7.16. The van der Waals surface area contributed by atoms with Crippen LogP contribution in [0, 0.1) is 0 Å². The first kappa shape index (κ1) is 28.5. The Morgan fingerprint density at radius 3 is 2.53 bits per heavy atom. The molecule has 0 radical (unpaired) electrons. The van der Waals surface area contributed by atoms with Crippen molar-refractivity contribution < 1.29 is 19.4 Å². The number of benzene rings is 3. The normalized spacial score (nSPS) is 14.8. The molecular formula is C32H32N6O4S. The number of anilines is 1. The number of esters is 1. The maximum atomic E-state index is 13.0. The Morgan fingerprint density at radius 2 is 1.79 bits per heavy atom. The Kier molecular flexibility index (Phi) is 7.94. The molecule has 0 aliphatic carbocycles. The third-order valence-corrected chi connectivity index (χ3v) is 8.66. The van der Waals surface area contributed by atoms with Gasteiger partial charge in [-0.3, -0.25) is 9.69 Å². The molecule has 0 bridgehead atoms. The van der Waals surface area contributed by atoms with Crippen LogP contribution in [0.3, 0.4) is 0 Å². The molecule has 11 heteroatoms. The van der Waals surface area contributed by atoms with Crippen molar-refractivity contribution in [2.24, 2.45) is 4.99 Å². The summed E-state index contributed by atoms with van der Waals surface area (Å²) >= 11 is 1.55. The number of ether oxygens (including phenoxy) is 1. The zero-order valence-corrected chi connectivity index (χ0v) is 25.0. The number of carbonyl (C=O) groups is 2. The average Bonchev–Trinajstić information content (AvgIpc) is 3.63. The lowest BCUT2D eigenvalue weighted by Gasteiger charge is -2.32. The number of nitrogens with one attached hydrogen (secondary N) is 1. The highest BCUT2D eigenvalue weighted by Gasteiger charge is 2.22. The van der Waals surface area contributed by atoms with Crippen molar-refractivity contribution in [2.75, 3.05) is 58.8 Å². The Labute approximate surface area is 252 Å². The minimum Gasteiger partial charge on any atom is -0.494 e. The van der Waals surface area contributed by atoms with Gasteiger partial charge in [0.05, 0.1) is 51.9 Å². The summed E-state index contributed by atoms with van der Waals surface area (Å²) in [6.45, 7) is 4.05. The second-order valence-corrected chi connectivity index (χ2v) is 11.5. The van der Waals surface area contributed by atoms with E-state index in [-0.39, 0.29) is 11.8 Å². The SMILES string of the molecule is COC(=O)c1ccc2c(C(=Nc3ccc(N(C)C(=O)CN4CCN(C)CC4)cc3)c3ccc4scnc4c3)c(O)[nH]c2c1. The molecule has 3 heterocycles. The lowest BCUT2D eigenvalue weighted by atomic mass is 9.99. The first-order valence-corrected chi connectivity index (χ1v) is 14.8. The van der Waals surface area contributed by atoms with Gasteiger partial charge in [0.25, 0.3) is 0 Å². The number of aromatic amines is 1. The van der Waals surface area contributed by atoms with Gasteiger partial charge in [-0.2, -0.15) is 0 Å². The zero-order valence-electron chi connectivity index (χ0n) is 24.2. The Bertz CT molecular complexity index is 1840. The van der Waals surface area contributed by atoms with E-state index in [0.29, 0.717) is 40.0 Å². The predicted molar refractivity (Wildman–Crippen MR) is 170 cm³/mol. The zero-order chi connectivity index (χ0) is 30.1. The number of rotatable bonds is 7. The number of aromatic hydroxyl groups is 1. The molecule has 1 saturated heterocycles. The van der Waals surface area contributed by atoms with Crippen molar-refractivity contribution in [3.63, 3.8) is 0 Å². The van der Waals surface area contributed by atoms with E-state index >= 15 is 0 Å². The molecule has 3 aromatic carbocycles. The van der Waals surface area contributed by atoms with Crippen LogP contribution >= 0.6 is 11.3 Å². The van der Waals surface area contributed by atoms with E-state index in [0.717, 1.165) is 47.6 Å². The largest absolute Gasteiger partial charge is 0.494 e. The summed E-state index contributed by atoms with van der Waals surface area (Å²) in [4.78, 5) is 43.7. The predicted octanol–water partition coefficient (Wildman–Crippen LogP) is 4.65. The topological polar surface area (TPSA) is 114 Å². The van der Waals surface area contributed by atoms with Gasteiger partial charge in [-0.05, 0) is 55.6 Å². The summed E-state index contributed by atoms with van der Waals surface area (Å²) in [5.74, 6) is -0.499. The number of carbonyl (C=O) groups excluding carboxylic acids is 2. The van der Waals surface area contributed by atoms with Crippen LogP contribution in [0.4, 0.5) is 11.4 Å². The molecule has 1 fully saturated rings. The van der Waals surface area contributed by atoms with Crippen LogP contribution in [-0.2, 0) is 9.53 Å². The highest BCUT2D eigenvalue weighted by atomic mass is 32.1. The van der Waals surface area contributed by atoms with Gasteiger partial charge in [-0.25, -0.2) is 14.8 Å². The van der Waals surface area contributed by atoms with E-state index in [1.807, 2.05) is 42.5 Å². The van der Waals surface area contributed by atoms with E-state index in [1.54, 1.807) is 47.0 Å². The van der Waals surface area contributed by atoms with Crippen molar-refractivity contribution in [2.45, 2.75) is 0 Å². The van der Waals surface area contributed by atoms with Crippen LogP contribution in [0.2, 0.25) is 0 Å². The number of methoxy groups -OCH3 is 1. The summed E-state index contributed by atoms with van der Waals surface area (Å²) in [6.07, 6.45) is 0. The fourth-order valence-corrected chi connectivity index (χ4v) is 5.92. The summed E-state index contributed by atoms with van der Waals surface area (Å²) in [5, 5.41) is 11.8. The number of piperazine rings is 1. The molecule has 43 heavy (non-hydrogen) atoms. The number of aromatic nitrogens is 2. The van der Waals surface area contributed by atoms with Crippen molar-refractivity contribution >= 4 is 61.4 Å². The van der Waals surface area contributed by atoms with Crippen molar-refractivity contribution in [3.05, 3.63) is 82.9 Å². The molecule has 2 aromatic heterocycles. The number of likely N-dealkylation sites (N-methyl/N-ethyl adjacent to an activating group) is 2. The minimum absolute atomic E-state index is 0.0353. The molecular weight excluding hydrogens is 564 g/mol. The van der Waals surface area contributed by atoms with Crippen molar-refractivity contribution in [3.8, 4) is 5.88 Å². The van der Waals surface area contributed by atoms with E-state index in [9.17, 15) is 14.7 Å². The third-order valence-electron chi connectivity index (χ3n) is 7.85. The molecule has 1 amide bonds. The molecule has 220 valence electrons. The number of H-pyrrole nitrogens is 1. The van der Waals surface area contributed by atoms with Gasteiger partial charge in [0, 0.05) is 55.4 Å². The summed E-state index contributed by atoms with van der Waals surface area (Å²) < 4.78 is 5.90. The van der Waals surface area contributed by atoms with Crippen molar-refractivity contribution in [1.29, 1.82) is 0 Å². The van der Waals surface area contributed by atoms with Crippen LogP contribution in [0.15, 0.2) is 71.2 Å². The van der Waals surface area contributed by atoms with E-state index in [1.165, 1.54) is 7.11 Å². The first-order valence-electron chi connectivity index (χ1n) is 13.9. The number of hydrogen-bond acceptors (Lipinski definition) is 9. The summed E-state index contributed by atoms with van der Waals surface area (Å²) in [5.41, 5.74) is 6.81. The van der Waals surface area contributed by atoms with Crippen LogP contribution in [0.5, 0.6) is 5.88 Å². The smallest absolute Gasteiger partial charge is 0.337 e. The fourth-order valence-electron chi connectivity index (χ4n) is 5.26. The van der Waals surface area contributed by atoms with Gasteiger partial charge < -0.3 is 24.6 Å². The van der Waals surface area contributed by atoms with E-state index < -0.39 is 5.97 Å². The average molecular weight is 597 g/mol. The van der Waals surface area contributed by atoms with Gasteiger partial charge in [-0.15, -0.1) is 11.3 Å². The maximum absolute atomic E-state index is 13.0. The molecule has 1 aliphatic heterocycles. The molecule has 0 unspecified atom stereocenters. The summed E-state index contributed by atoms with van der Waals surface area (Å²) in [7, 11) is 5.21. The number of hydrogen-bond donors (Lipinski definition) is 2. The second-order valence-electron chi connectivity index (χ2n) is 10.6. The minimum atomic E-state index is -0.465. The number of nitrogens with zero attached hydrogens (tertiary/aromatic N) is 5. The van der Waals surface area contributed by atoms with Crippen LogP contribution in [0.1, 0.15) is 21.5 Å². The molecule has 10 nitrogen and oxygen atoms in total. The molecule has 2 N–H and O–H groups in total. The molecule has 6 rings (SSSR count). The molecule has 1 aliphatic rings. The standard InChI is InChI=1S/C32H32N6O4S/c1-36-12-14-38(15-13-36)18-28(39)37(2)23-8-6-22(7-9-23)34-30(20-5-11-27-26(16-20)33-19-43-27)29-24-10-4-21(32(41)42-3)17-25(24)35-31(29)40/h4-11,16-17,19,35,40H,12-15,18H2,1-3H3. The van der Waals surface area contributed by atoms with Gasteiger partial charge in [-0.1, -0.05) is 12.1 Å². The highest BCUT2D eigenvalue weighted by Crippen LogP contribution is 2.33. The molecule has 5 aromatic rings. The monoisotopic (exact) mass is 596 g/mol. The van der Waals surface area contributed by atoms with Crippen LogP contribution in [-0.4, -0.2) is 96.4 Å². The molecule has 0 atom stereocenters. The first-order chi connectivity index (χ1) is 20.8. The van der Waals surface area contributed by atoms with Crippen molar-refractivity contribution in [1.82, 2.24) is 19.8 Å². The molecule has 0 spiro atoms. The van der Waals surface area contributed by atoms with Gasteiger partial charge in [0.2, 0.25) is 5.91 Å². The lowest BCUT2D eigenvalue weighted by molar-refractivity contribution is -0.119. The summed E-state index contributed by atoms with van der Waals surface area (Å²) in [6, 6.07) is 18.4. The number of thiazole rings is 1. The number of fused-ring (bicyclic) bond motifs is 2. The van der Waals surface area contributed by atoms with E-state index in [2.05, 4.69) is 26.8 Å². The van der Waals surface area contributed by atoms with Crippen LogP contribution < -0.4 is 4.90 Å². The van der Waals surface area contributed by atoms with Gasteiger partial charge in [0.15, 0.2) is 5.88 Å².